The van der Waals surface area contributed by atoms with E-state index in [9.17, 15) is 18.0 Å². The molecule has 0 heterocycles. The van der Waals surface area contributed by atoms with Crippen LogP contribution in [0.4, 0.5) is 5.69 Å². The largest absolute Gasteiger partial charge is 0.497 e. The van der Waals surface area contributed by atoms with Crippen molar-refractivity contribution in [2.45, 2.75) is 46.2 Å². The van der Waals surface area contributed by atoms with Crippen molar-refractivity contribution in [2.24, 2.45) is 0 Å². The Labute approximate surface area is 202 Å². The summed E-state index contributed by atoms with van der Waals surface area (Å²) in [4.78, 5) is 27.2. The predicted octanol–water partition coefficient (Wildman–Crippen LogP) is 3.10. The summed E-state index contributed by atoms with van der Waals surface area (Å²) >= 11 is 0. The van der Waals surface area contributed by atoms with Gasteiger partial charge in [0.05, 0.1) is 19.1 Å². The Hall–Kier alpha value is -3.07. The minimum absolute atomic E-state index is 0.109. The molecule has 0 aliphatic heterocycles. The van der Waals surface area contributed by atoms with Crippen molar-refractivity contribution in [1.29, 1.82) is 0 Å². The first kappa shape index (κ1) is 27.2. The van der Waals surface area contributed by atoms with Crippen molar-refractivity contribution >= 4 is 27.5 Å². The van der Waals surface area contributed by atoms with Crippen LogP contribution in [0, 0.1) is 6.92 Å². The molecule has 0 spiro atoms. The lowest BCUT2D eigenvalue weighted by molar-refractivity contribution is -0.140. The molecule has 2 amide bonds. The highest BCUT2D eigenvalue weighted by Gasteiger charge is 2.26. The van der Waals surface area contributed by atoms with Crippen molar-refractivity contribution in [3.63, 3.8) is 0 Å². The number of methoxy groups -OCH3 is 1. The molecule has 2 aromatic carbocycles. The van der Waals surface area contributed by atoms with Gasteiger partial charge >= 0.3 is 0 Å². The zero-order chi connectivity index (χ0) is 25.3. The second-order valence-electron chi connectivity index (χ2n) is 8.21. The first-order chi connectivity index (χ1) is 16.1. The standard InChI is InChI=1S/C25H35N3O5S/c1-6-26-25(30)20(3)27(18-21-11-9-19(2)10-12-21)24(29)8-7-17-28(34(5,31)32)22-13-15-23(33-4)16-14-22/h9-16,20H,6-8,17-18H2,1-5H3,(H,26,30). The molecule has 1 unspecified atom stereocenters. The van der Waals surface area contributed by atoms with Crippen LogP contribution in [0.15, 0.2) is 48.5 Å². The molecule has 1 atom stereocenters. The number of aryl methyl sites for hydroxylation is 1. The number of nitrogens with one attached hydrogen (secondary N) is 1. The zero-order valence-corrected chi connectivity index (χ0v) is 21.4. The molecule has 186 valence electrons. The van der Waals surface area contributed by atoms with E-state index in [4.69, 9.17) is 4.74 Å². The number of sulfonamides is 1. The van der Waals surface area contributed by atoms with E-state index in [-0.39, 0.29) is 24.8 Å². The average molecular weight is 490 g/mol. The highest BCUT2D eigenvalue weighted by atomic mass is 32.2. The third-order valence-electron chi connectivity index (χ3n) is 5.50. The van der Waals surface area contributed by atoms with E-state index >= 15 is 0 Å². The molecule has 0 aromatic heterocycles. The smallest absolute Gasteiger partial charge is 0.242 e. The number of carbonyl (C=O) groups is 2. The molecule has 2 rings (SSSR count). The fourth-order valence-corrected chi connectivity index (χ4v) is 4.51. The van der Waals surface area contributed by atoms with Gasteiger partial charge in [-0.25, -0.2) is 8.42 Å². The first-order valence-electron chi connectivity index (χ1n) is 11.3. The van der Waals surface area contributed by atoms with Crippen LogP contribution in [0.2, 0.25) is 0 Å². The van der Waals surface area contributed by atoms with Gasteiger partial charge < -0.3 is 15.0 Å². The minimum atomic E-state index is -3.54. The van der Waals surface area contributed by atoms with Crippen LogP contribution in [-0.4, -0.2) is 57.6 Å². The van der Waals surface area contributed by atoms with Gasteiger partial charge in [0, 0.05) is 26.1 Å². The molecular weight excluding hydrogens is 454 g/mol. The maximum atomic E-state index is 13.2. The predicted molar refractivity (Wildman–Crippen MR) is 134 cm³/mol. The number of hydrogen-bond acceptors (Lipinski definition) is 5. The fraction of sp³-hybridized carbons (Fsp3) is 0.440. The highest BCUT2D eigenvalue weighted by Crippen LogP contribution is 2.22. The maximum absolute atomic E-state index is 13.2. The number of nitrogens with zero attached hydrogens (tertiary/aromatic N) is 2. The van der Waals surface area contributed by atoms with E-state index in [0.717, 1.165) is 17.4 Å². The average Bonchev–Trinajstić information content (AvgIpc) is 2.80. The molecule has 1 N–H and O–H groups in total. The Balaban J connectivity index is 2.13. The van der Waals surface area contributed by atoms with Gasteiger partial charge in [-0.3, -0.25) is 13.9 Å². The summed E-state index contributed by atoms with van der Waals surface area (Å²) in [6, 6.07) is 13.9. The van der Waals surface area contributed by atoms with Gasteiger partial charge in [0.2, 0.25) is 21.8 Å². The number of benzene rings is 2. The van der Waals surface area contributed by atoms with E-state index in [2.05, 4.69) is 5.32 Å². The normalized spacial score (nSPS) is 12.0. The van der Waals surface area contributed by atoms with Crippen molar-refractivity contribution in [3.8, 4) is 5.75 Å². The molecule has 8 nitrogen and oxygen atoms in total. The maximum Gasteiger partial charge on any atom is 0.242 e. The second kappa shape index (κ2) is 12.4. The zero-order valence-electron chi connectivity index (χ0n) is 20.6. The lowest BCUT2D eigenvalue weighted by atomic mass is 10.1. The van der Waals surface area contributed by atoms with Crippen LogP contribution in [-0.2, 0) is 26.2 Å². The topological polar surface area (TPSA) is 96.0 Å². The number of rotatable bonds is 12. The van der Waals surface area contributed by atoms with Crippen LogP contribution in [0.1, 0.15) is 37.8 Å². The lowest BCUT2D eigenvalue weighted by Gasteiger charge is -2.29. The molecule has 2 aromatic rings. The number of carbonyl (C=O) groups excluding carboxylic acids is 2. The van der Waals surface area contributed by atoms with Gasteiger partial charge in [-0.1, -0.05) is 29.8 Å². The number of anilines is 1. The number of ether oxygens (including phenoxy) is 1. The molecule has 0 saturated carbocycles. The van der Waals surface area contributed by atoms with Crippen LogP contribution in [0.25, 0.3) is 0 Å². The van der Waals surface area contributed by atoms with E-state index in [0.29, 0.717) is 30.9 Å². The Bertz CT molecular complexity index is 1050. The van der Waals surface area contributed by atoms with Crippen molar-refractivity contribution in [1.82, 2.24) is 10.2 Å². The van der Waals surface area contributed by atoms with E-state index in [1.54, 1.807) is 43.2 Å². The number of hydrogen-bond donors (Lipinski definition) is 1. The van der Waals surface area contributed by atoms with Gasteiger partial charge in [0.25, 0.3) is 0 Å². The van der Waals surface area contributed by atoms with E-state index in [1.165, 1.54) is 4.31 Å². The van der Waals surface area contributed by atoms with Gasteiger partial charge in [-0.05, 0) is 57.0 Å². The van der Waals surface area contributed by atoms with Crippen LogP contribution in [0.5, 0.6) is 5.75 Å². The second-order valence-corrected chi connectivity index (χ2v) is 10.1. The molecule has 34 heavy (non-hydrogen) atoms. The summed E-state index contributed by atoms with van der Waals surface area (Å²) in [5.74, 6) is 0.194. The summed E-state index contributed by atoms with van der Waals surface area (Å²) in [6.45, 7) is 6.44. The fourth-order valence-electron chi connectivity index (χ4n) is 3.55. The van der Waals surface area contributed by atoms with Crippen LogP contribution >= 0.6 is 0 Å². The highest BCUT2D eigenvalue weighted by molar-refractivity contribution is 7.92. The van der Waals surface area contributed by atoms with Crippen LogP contribution < -0.4 is 14.4 Å². The number of likely N-dealkylation sites (N-methyl/N-ethyl adjacent to an activating group) is 1. The molecule has 0 fully saturated rings. The number of amides is 2. The monoisotopic (exact) mass is 489 g/mol. The Kier molecular flexibility index (Phi) is 9.92. The summed E-state index contributed by atoms with van der Waals surface area (Å²) in [6.07, 6.45) is 1.56. The molecule has 0 bridgehead atoms. The van der Waals surface area contributed by atoms with E-state index < -0.39 is 16.1 Å². The molecule has 0 aliphatic carbocycles. The van der Waals surface area contributed by atoms with Crippen molar-refractivity contribution < 1.29 is 22.7 Å². The van der Waals surface area contributed by atoms with Gasteiger partial charge in [0.1, 0.15) is 11.8 Å². The van der Waals surface area contributed by atoms with Gasteiger partial charge in [-0.15, -0.1) is 0 Å². The minimum Gasteiger partial charge on any atom is -0.497 e. The quantitative estimate of drug-likeness (QED) is 0.494. The SMILES string of the molecule is CCNC(=O)C(C)N(Cc1ccc(C)cc1)C(=O)CCCN(c1ccc(OC)cc1)S(C)(=O)=O. The summed E-state index contributed by atoms with van der Waals surface area (Å²) < 4.78 is 31.2. The molecule has 0 radical (unpaired) electrons. The molecular formula is C25H35N3O5S. The van der Waals surface area contributed by atoms with Crippen LogP contribution in [0.3, 0.4) is 0 Å². The lowest BCUT2D eigenvalue weighted by Crippen LogP contribution is -2.47. The van der Waals surface area contributed by atoms with Gasteiger partial charge in [0.15, 0.2) is 0 Å². The summed E-state index contributed by atoms with van der Waals surface area (Å²) in [5, 5.41) is 2.77. The Morgan fingerprint density at radius 3 is 2.21 bits per heavy atom. The molecule has 0 aliphatic rings. The third-order valence-corrected chi connectivity index (χ3v) is 6.70. The Morgan fingerprint density at radius 1 is 1.06 bits per heavy atom. The Morgan fingerprint density at radius 2 is 1.68 bits per heavy atom. The van der Waals surface area contributed by atoms with E-state index in [1.807, 2.05) is 38.1 Å². The van der Waals surface area contributed by atoms with Crippen molar-refractivity contribution in [3.05, 3.63) is 59.7 Å². The molecule has 0 saturated heterocycles. The first-order valence-corrected chi connectivity index (χ1v) is 13.2. The van der Waals surface area contributed by atoms with Crippen molar-refractivity contribution in [2.75, 3.05) is 30.8 Å². The summed E-state index contributed by atoms with van der Waals surface area (Å²) in [7, 11) is -2.00. The molecule has 9 heteroatoms. The van der Waals surface area contributed by atoms with Gasteiger partial charge in [-0.2, -0.15) is 0 Å². The summed E-state index contributed by atoms with van der Waals surface area (Å²) in [5.41, 5.74) is 2.53. The third kappa shape index (κ3) is 7.76.